The fraction of sp³-hybridized carbons (Fsp3) is 0. The van der Waals surface area contributed by atoms with E-state index in [9.17, 15) is 0 Å². The van der Waals surface area contributed by atoms with Gasteiger partial charge < -0.3 is 6.15 Å². The van der Waals surface area contributed by atoms with Crippen molar-refractivity contribution >= 4 is 45.2 Å². The monoisotopic (exact) mass is 181 g/mol. The average Bonchev–Trinajstić information content (AvgIpc) is 0. The molecule has 0 aromatic carbocycles. The Kier molecular flexibility index (Phi) is 563. The topological polar surface area (TPSA) is 35.0 Å². The van der Waals surface area contributed by atoms with Crippen LogP contribution >= 0.6 is 0 Å². The van der Waals surface area contributed by atoms with Crippen LogP contribution in [0.5, 0.6) is 0 Å². The molecule has 4 heavy (non-hydrogen) atoms. The van der Waals surface area contributed by atoms with E-state index < -0.39 is 0 Å². The summed E-state index contributed by atoms with van der Waals surface area (Å²) in [6.07, 6.45) is 0. The van der Waals surface area contributed by atoms with Crippen molar-refractivity contribution in [3.05, 3.63) is 0 Å². The normalized spacial score (nSPS) is 0. The van der Waals surface area contributed by atoms with Crippen LogP contribution in [0, 0.1) is 0 Å². The van der Waals surface area contributed by atoms with E-state index in [4.69, 9.17) is 0 Å². The second-order valence-electron chi connectivity index (χ2n) is 0. The van der Waals surface area contributed by atoms with Crippen LogP contribution in [0.25, 0.3) is 0 Å². The maximum Gasteiger partial charge on any atom is -0.0149 e. The summed E-state index contributed by atoms with van der Waals surface area (Å²) in [4.78, 5) is 0. The summed E-state index contributed by atoms with van der Waals surface area (Å²) < 4.78 is 0. The van der Waals surface area contributed by atoms with Crippen molar-refractivity contribution in [2.24, 2.45) is 0 Å². The van der Waals surface area contributed by atoms with Gasteiger partial charge >= 0.3 is 25.8 Å². The zero-order valence-corrected chi connectivity index (χ0v) is 0.707. The van der Waals surface area contributed by atoms with Gasteiger partial charge in [0.15, 0.2) is 0 Å². The van der Waals surface area contributed by atoms with Gasteiger partial charge in [-0.15, -0.1) is 0 Å². The van der Waals surface area contributed by atoms with Gasteiger partial charge in [-0.1, -0.05) is 0 Å². The third-order valence-corrected chi connectivity index (χ3v) is 0. The van der Waals surface area contributed by atoms with Gasteiger partial charge in [0.2, 0.25) is 0 Å². The maximum absolute atomic E-state index is 0. The summed E-state index contributed by atoms with van der Waals surface area (Å²) in [5, 5.41) is 0. The average molecular weight is 181 g/mol. The van der Waals surface area contributed by atoms with E-state index in [1.54, 1.807) is 0 Å². The van der Waals surface area contributed by atoms with Crippen molar-refractivity contribution < 1.29 is 0 Å². The predicted octanol–water partition coefficient (Wildman–Crippen LogP) is -3.66. The van der Waals surface area contributed by atoms with Gasteiger partial charge in [-0.3, -0.25) is 0 Å². The second kappa shape index (κ2) is 32.2. The van der Waals surface area contributed by atoms with Crippen LogP contribution in [-0.4, -0.2) is 45.2 Å². The molecule has 0 aliphatic rings. The standard InChI is InChI=1S/BH3.In.H3N.H4Si.3H/h1H3;;1H3;1H4;;;. The molecule has 0 amide bonds. The van der Waals surface area contributed by atoms with E-state index in [1.807, 2.05) is 0 Å². The molecule has 0 unspecified atom stereocenters. The Morgan fingerprint density at radius 2 is 1.00 bits per heavy atom. The first-order valence-corrected chi connectivity index (χ1v) is 0. The molecule has 0 saturated carbocycles. The fourth-order valence-corrected chi connectivity index (χ4v) is 0. The quantitative estimate of drug-likeness (QED) is 0.384. The summed E-state index contributed by atoms with van der Waals surface area (Å²) in [6, 6.07) is 0. The van der Waals surface area contributed by atoms with Crippen LogP contribution in [0.3, 0.4) is 0 Å². The third kappa shape index (κ3) is 11.2. The molecule has 4 heteroatoms. The van der Waals surface area contributed by atoms with Crippen molar-refractivity contribution in [1.29, 1.82) is 0 Å². The Morgan fingerprint density at radius 1 is 1.00 bits per heavy atom. The van der Waals surface area contributed by atoms with Crippen molar-refractivity contribution in [1.82, 2.24) is 6.15 Å². The van der Waals surface area contributed by atoms with Crippen LogP contribution in [0.4, 0.5) is 0 Å². The minimum absolute atomic E-state index is 0. The van der Waals surface area contributed by atoms with Crippen LogP contribution in [0.2, 0.25) is 0 Å². The first kappa shape index (κ1) is 69.9. The largest absolute Gasteiger partial charge is 0.0149 e. The van der Waals surface area contributed by atoms with E-state index in [-0.39, 0.29) is 51.4 Å². The zero-order chi connectivity index (χ0) is 0. The molecule has 0 heterocycles. The van der Waals surface area contributed by atoms with Gasteiger partial charge in [0, 0.05) is 0 Å². The maximum atomic E-state index is 0. The smallest absolute Gasteiger partial charge is 0.0149 e. The van der Waals surface area contributed by atoms with E-state index >= 15 is 0 Å². The SMILES string of the molecule is B.N.[InH3].[SiH4]. The van der Waals surface area contributed by atoms with Gasteiger partial charge in [0.1, 0.15) is 0 Å². The molecule has 0 aromatic rings. The minimum atomic E-state index is 0. The Labute approximate surface area is 51.5 Å². The van der Waals surface area contributed by atoms with Gasteiger partial charge in [0.25, 0.3) is 0 Å². The first-order valence-electron chi connectivity index (χ1n) is 0. The van der Waals surface area contributed by atoms with Gasteiger partial charge in [0.05, 0.1) is 8.41 Å². The Bertz CT molecular complexity index is 8.00. The molecule has 0 rings (SSSR count). The molecule has 0 saturated heterocycles. The van der Waals surface area contributed by atoms with Crippen molar-refractivity contribution in [3.63, 3.8) is 0 Å². The zero-order valence-electron chi connectivity index (χ0n) is 0.707. The molecule has 0 aliphatic carbocycles. The molecular weight excluding hydrogens is 168 g/mol. The summed E-state index contributed by atoms with van der Waals surface area (Å²) in [5.74, 6) is 0. The second-order valence-corrected chi connectivity index (χ2v) is 0. The number of rotatable bonds is 0. The van der Waals surface area contributed by atoms with Crippen LogP contribution in [0.1, 0.15) is 0 Å². The predicted molar refractivity (Wildman–Crippen MR) is 36.2 cm³/mol. The summed E-state index contributed by atoms with van der Waals surface area (Å²) in [6.45, 7) is 0. The Hall–Kier alpha value is 1.11. The van der Waals surface area contributed by atoms with E-state index in [0.717, 1.165) is 0 Å². The summed E-state index contributed by atoms with van der Waals surface area (Å²) in [7, 11) is 0. The van der Waals surface area contributed by atoms with Crippen molar-refractivity contribution in [2.75, 3.05) is 0 Å². The molecule has 0 fully saturated rings. The minimum Gasteiger partial charge on any atom is -0.0149 e. The molecule has 28 valence electrons. The molecule has 0 spiro atoms. The van der Waals surface area contributed by atoms with Crippen molar-refractivity contribution in [2.45, 2.75) is 0 Å². The Morgan fingerprint density at radius 3 is 1.00 bits per heavy atom. The van der Waals surface area contributed by atoms with Crippen LogP contribution < -0.4 is 6.15 Å². The molecule has 0 radical (unpaired) electrons. The number of hydrogen-bond donors (Lipinski definition) is 1. The summed E-state index contributed by atoms with van der Waals surface area (Å²) >= 11 is 0. The fourth-order valence-electron chi connectivity index (χ4n) is 0. The first-order chi connectivity index (χ1) is 0. The molecule has 0 atom stereocenters. The molecule has 0 bridgehead atoms. The molecule has 0 aromatic heterocycles. The third-order valence-electron chi connectivity index (χ3n) is 0. The summed E-state index contributed by atoms with van der Waals surface area (Å²) in [5.41, 5.74) is 0. The number of hydrogen-bond acceptors (Lipinski definition) is 1. The van der Waals surface area contributed by atoms with Gasteiger partial charge in [-0.2, -0.15) is 0 Å². The van der Waals surface area contributed by atoms with E-state index in [2.05, 4.69) is 0 Å². The molecule has 1 nitrogen and oxygen atoms in total. The Balaban J connectivity index is 0. The van der Waals surface area contributed by atoms with Crippen LogP contribution in [-0.2, 0) is 0 Å². The van der Waals surface area contributed by atoms with Gasteiger partial charge in [-0.05, 0) is 11.0 Å². The van der Waals surface area contributed by atoms with Crippen molar-refractivity contribution in [3.8, 4) is 0 Å². The van der Waals surface area contributed by atoms with Gasteiger partial charge in [-0.25, -0.2) is 0 Å². The molecular formula is H13BInNSi. The van der Waals surface area contributed by atoms with E-state index in [1.165, 1.54) is 0 Å². The van der Waals surface area contributed by atoms with E-state index in [0.29, 0.717) is 0 Å². The molecule has 3 N–H and O–H groups in total. The van der Waals surface area contributed by atoms with Crippen LogP contribution in [0.15, 0.2) is 0 Å². The molecule has 0 aliphatic heterocycles.